The summed E-state index contributed by atoms with van der Waals surface area (Å²) in [4.78, 5) is 25.3. The van der Waals surface area contributed by atoms with Crippen LogP contribution in [-0.4, -0.2) is 91.4 Å². The lowest BCUT2D eigenvalue weighted by atomic mass is 9.30. The van der Waals surface area contributed by atoms with Crippen LogP contribution in [0, 0.1) is 0 Å². The molecular formula is C38H38O10. The van der Waals surface area contributed by atoms with Gasteiger partial charge in [-0.3, -0.25) is 0 Å². The molecule has 0 aromatic heterocycles. The van der Waals surface area contributed by atoms with Crippen molar-refractivity contribution in [1.82, 2.24) is 0 Å². The summed E-state index contributed by atoms with van der Waals surface area (Å²) < 4.78 is 10.7. The topological polar surface area (TPSA) is 174 Å². The number of hydrogen-bond donors (Lipinski definition) is 6. The third-order valence-corrected chi connectivity index (χ3v) is 9.92. The van der Waals surface area contributed by atoms with Crippen LogP contribution in [0.3, 0.4) is 0 Å². The van der Waals surface area contributed by atoms with Crippen molar-refractivity contribution in [1.29, 1.82) is 0 Å². The summed E-state index contributed by atoms with van der Waals surface area (Å²) in [6.07, 6.45) is -2.45. The molecule has 3 unspecified atom stereocenters. The Morgan fingerprint density at radius 3 is 1.54 bits per heavy atom. The van der Waals surface area contributed by atoms with Crippen LogP contribution in [0.1, 0.15) is 54.8 Å². The Kier molecular flexibility index (Phi) is 9.23. The van der Waals surface area contributed by atoms with Gasteiger partial charge in [0.25, 0.3) is 0 Å². The number of fused-ring (bicyclic) bond motifs is 1. The monoisotopic (exact) mass is 654 g/mol. The third kappa shape index (κ3) is 5.31. The second kappa shape index (κ2) is 13.2. The van der Waals surface area contributed by atoms with Gasteiger partial charge in [-0.05, 0) is 46.5 Å². The van der Waals surface area contributed by atoms with Gasteiger partial charge < -0.3 is 40.1 Å². The first-order chi connectivity index (χ1) is 23.1. The van der Waals surface area contributed by atoms with Gasteiger partial charge in [0.15, 0.2) is 0 Å². The maximum absolute atomic E-state index is 12.6. The summed E-state index contributed by atoms with van der Waals surface area (Å²) >= 11 is 0. The van der Waals surface area contributed by atoms with Crippen LogP contribution in [-0.2, 0) is 22.3 Å². The first-order valence-corrected chi connectivity index (χ1v) is 15.8. The minimum absolute atomic E-state index is 0.159. The number of carbonyl (C=O) groups is 2. The summed E-state index contributed by atoms with van der Waals surface area (Å²) in [5.74, 6) is -3.88. The number of aliphatic hydroxyl groups is 6. The Labute approximate surface area is 277 Å². The molecule has 2 aliphatic carbocycles. The normalized spacial score (nSPS) is 27.9. The Morgan fingerprint density at radius 2 is 1.10 bits per heavy atom. The molecule has 2 saturated carbocycles. The maximum Gasteiger partial charge on any atom is 0.338 e. The zero-order valence-electron chi connectivity index (χ0n) is 26.1. The van der Waals surface area contributed by atoms with E-state index in [2.05, 4.69) is 0 Å². The van der Waals surface area contributed by atoms with Gasteiger partial charge in [0.05, 0.1) is 43.0 Å². The van der Waals surface area contributed by atoms with E-state index in [0.717, 1.165) is 11.1 Å². The molecule has 6 N–H and O–H groups in total. The van der Waals surface area contributed by atoms with E-state index in [9.17, 15) is 40.2 Å². The molecule has 0 bridgehead atoms. The van der Waals surface area contributed by atoms with Crippen molar-refractivity contribution in [3.63, 3.8) is 0 Å². The predicted octanol–water partition coefficient (Wildman–Crippen LogP) is 2.29. The summed E-state index contributed by atoms with van der Waals surface area (Å²) in [6, 6.07) is 30.6. The third-order valence-electron chi connectivity index (χ3n) is 9.92. The van der Waals surface area contributed by atoms with E-state index >= 15 is 0 Å². The van der Waals surface area contributed by atoms with Crippen molar-refractivity contribution < 1.29 is 49.7 Å². The maximum atomic E-state index is 12.6. The molecule has 10 nitrogen and oxygen atoms in total. The molecule has 4 aromatic carbocycles. The van der Waals surface area contributed by atoms with Crippen molar-refractivity contribution in [2.45, 2.75) is 53.7 Å². The molecule has 0 heterocycles. The minimum Gasteiger partial charge on any atom is -0.462 e. The lowest BCUT2D eigenvalue weighted by molar-refractivity contribution is -0.459. The number of aliphatic hydroxyl groups excluding tert-OH is 3. The van der Waals surface area contributed by atoms with Crippen LogP contribution in [0.4, 0.5) is 0 Å². The van der Waals surface area contributed by atoms with Crippen molar-refractivity contribution in [3.05, 3.63) is 143 Å². The summed E-state index contributed by atoms with van der Waals surface area (Å²) in [5, 5.41) is 67.6. The average Bonchev–Trinajstić information content (AvgIpc) is 3.12. The molecule has 4 aromatic rings. The number of benzene rings is 4. The minimum atomic E-state index is -2.51. The first kappa shape index (κ1) is 33.5. The SMILES string of the molecule is O=C(OCCc1ccccc1)c1ccc(C2C(O)[C@@]3(O)C(c4ccc(C(=O)OCCc5ccccc5)cc4)[C@@](O)([C@H](O)CO)[C@@]23O)cc1. The highest BCUT2D eigenvalue weighted by Gasteiger charge is 2.93. The van der Waals surface area contributed by atoms with Crippen LogP contribution < -0.4 is 0 Å². The fourth-order valence-electron chi connectivity index (χ4n) is 7.43. The highest BCUT2D eigenvalue weighted by Crippen LogP contribution is 2.75. The lowest BCUT2D eigenvalue weighted by Gasteiger charge is -2.80. The van der Waals surface area contributed by atoms with Gasteiger partial charge in [-0.1, -0.05) is 84.9 Å². The molecule has 10 heteroatoms. The Hall–Kier alpha value is -4.42. The number of ether oxygens (including phenoxy) is 2. The fourth-order valence-corrected chi connectivity index (χ4v) is 7.43. The van der Waals surface area contributed by atoms with Crippen molar-refractivity contribution in [2.24, 2.45) is 0 Å². The van der Waals surface area contributed by atoms with E-state index in [4.69, 9.17) is 9.47 Å². The molecule has 2 fully saturated rings. The molecule has 0 spiro atoms. The standard InChI is InChI=1S/C38H38O10/c39-23-30(40)36(44)32(27-13-17-29(18-14-27)35(43)48-22-20-25-9-5-2-6-10-25)37(45)33(41)31(38(36,37)46)26-11-15-28(16-12-26)34(42)47-21-19-24-7-3-1-4-8-24/h1-18,30-33,39-41,44-46H,19-23H2/t30-,31?,32?,33?,36+,37+,38+/m1/s1. The molecule has 2 aliphatic rings. The van der Waals surface area contributed by atoms with Gasteiger partial charge in [0.2, 0.25) is 0 Å². The predicted molar refractivity (Wildman–Crippen MR) is 173 cm³/mol. The van der Waals surface area contributed by atoms with E-state index in [-0.39, 0.29) is 35.5 Å². The van der Waals surface area contributed by atoms with Gasteiger partial charge in [0, 0.05) is 18.8 Å². The highest BCUT2D eigenvalue weighted by atomic mass is 16.5. The van der Waals surface area contributed by atoms with E-state index in [1.807, 2.05) is 60.7 Å². The van der Waals surface area contributed by atoms with Crippen LogP contribution >= 0.6 is 0 Å². The molecule has 6 rings (SSSR count). The van der Waals surface area contributed by atoms with E-state index < -0.39 is 59.4 Å². The number of hydrogen-bond acceptors (Lipinski definition) is 10. The zero-order valence-corrected chi connectivity index (χ0v) is 26.1. The van der Waals surface area contributed by atoms with Gasteiger partial charge in [-0.15, -0.1) is 0 Å². The quantitative estimate of drug-likeness (QED) is 0.124. The molecule has 0 saturated heterocycles. The van der Waals surface area contributed by atoms with Gasteiger partial charge in [0.1, 0.15) is 22.9 Å². The Morgan fingerprint density at radius 1 is 0.667 bits per heavy atom. The second-order valence-electron chi connectivity index (χ2n) is 12.5. The summed E-state index contributed by atoms with van der Waals surface area (Å²) in [5.41, 5.74) is -4.37. The van der Waals surface area contributed by atoms with Crippen LogP contribution in [0.2, 0.25) is 0 Å². The molecule has 250 valence electrons. The van der Waals surface area contributed by atoms with E-state index in [0.29, 0.717) is 12.8 Å². The van der Waals surface area contributed by atoms with Crippen LogP contribution in [0.25, 0.3) is 0 Å². The smallest absolute Gasteiger partial charge is 0.338 e. The zero-order chi connectivity index (χ0) is 34.1. The number of esters is 2. The second-order valence-corrected chi connectivity index (χ2v) is 12.5. The van der Waals surface area contributed by atoms with Gasteiger partial charge >= 0.3 is 11.9 Å². The number of rotatable bonds is 12. The number of carbonyl (C=O) groups excluding carboxylic acids is 2. The molecule has 0 radical (unpaired) electrons. The summed E-state index contributed by atoms with van der Waals surface area (Å²) in [6.45, 7) is -0.622. The molecule has 48 heavy (non-hydrogen) atoms. The molecule has 0 aliphatic heterocycles. The highest BCUT2D eigenvalue weighted by molar-refractivity contribution is 5.90. The van der Waals surface area contributed by atoms with Crippen LogP contribution in [0.5, 0.6) is 0 Å². The molecule has 0 amide bonds. The van der Waals surface area contributed by atoms with Crippen LogP contribution in [0.15, 0.2) is 109 Å². The van der Waals surface area contributed by atoms with E-state index in [1.54, 1.807) is 0 Å². The van der Waals surface area contributed by atoms with Gasteiger partial charge in [-0.25, -0.2) is 9.59 Å². The molecular weight excluding hydrogens is 616 g/mol. The van der Waals surface area contributed by atoms with Crippen molar-refractivity contribution in [3.8, 4) is 0 Å². The summed E-state index contributed by atoms with van der Waals surface area (Å²) in [7, 11) is 0. The Bertz CT molecular complexity index is 1730. The van der Waals surface area contributed by atoms with Crippen molar-refractivity contribution >= 4 is 11.9 Å². The van der Waals surface area contributed by atoms with Gasteiger partial charge in [-0.2, -0.15) is 0 Å². The molecule has 7 atom stereocenters. The first-order valence-electron chi connectivity index (χ1n) is 15.8. The van der Waals surface area contributed by atoms with Crippen molar-refractivity contribution in [2.75, 3.05) is 19.8 Å². The lowest BCUT2D eigenvalue weighted by Crippen LogP contribution is -2.99. The largest absolute Gasteiger partial charge is 0.462 e. The van der Waals surface area contributed by atoms with E-state index in [1.165, 1.54) is 48.5 Å². The Balaban J connectivity index is 1.16. The average molecular weight is 655 g/mol. The fraction of sp³-hybridized carbons (Fsp3) is 0.316.